The van der Waals surface area contributed by atoms with Gasteiger partial charge >= 0.3 is 5.97 Å². The van der Waals surface area contributed by atoms with E-state index < -0.39 is 0 Å². The highest BCUT2D eigenvalue weighted by Gasteiger charge is 2.39. The van der Waals surface area contributed by atoms with E-state index in [1.165, 1.54) is 7.11 Å². The smallest absolute Gasteiger partial charge is 0.308 e. The molecular weight excluding hydrogens is 376 g/mol. The van der Waals surface area contributed by atoms with Crippen LogP contribution < -0.4 is 10.1 Å². The topological polar surface area (TPSA) is 94.2 Å². The average molecular weight is 404 g/mol. The first-order valence-electron chi connectivity index (χ1n) is 9.87. The maximum atomic E-state index is 13.1. The number of hydrogen-bond acceptors (Lipinski definition) is 6. The van der Waals surface area contributed by atoms with Crippen molar-refractivity contribution in [3.8, 4) is 5.75 Å². The second-order valence-corrected chi connectivity index (χ2v) is 7.80. The molecule has 2 aliphatic heterocycles. The van der Waals surface area contributed by atoms with Gasteiger partial charge in [-0.3, -0.25) is 14.4 Å². The molecule has 3 rings (SSSR count). The molecule has 2 aliphatic rings. The minimum Gasteiger partial charge on any atom is -0.490 e. The lowest BCUT2D eigenvalue weighted by Gasteiger charge is -2.42. The number of ether oxygens (including phenoxy) is 3. The summed E-state index contributed by atoms with van der Waals surface area (Å²) in [5.74, 6) is -0.336. The van der Waals surface area contributed by atoms with Crippen LogP contribution in [0.3, 0.4) is 0 Å². The van der Waals surface area contributed by atoms with Crippen molar-refractivity contribution >= 4 is 23.5 Å². The number of nitrogens with zero attached hydrogens (tertiary/aromatic N) is 1. The molecule has 0 saturated carbocycles. The summed E-state index contributed by atoms with van der Waals surface area (Å²) in [6, 6.07) is 4.90. The van der Waals surface area contributed by atoms with E-state index >= 15 is 0 Å². The average Bonchev–Trinajstić information content (AvgIpc) is 2.70. The molecule has 0 radical (unpaired) electrons. The first-order valence-corrected chi connectivity index (χ1v) is 9.87. The van der Waals surface area contributed by atoms with Crippen molar-refractivity contribution < 1.29 is 28.6 Å². The second kappa shape index (κ2) is 8.82. The third-order valence-electron chi connectivity index (χ3n) is 5.43. The lowest BCUT2D eigenvalue weighted by molar-refractivity contribution is -0.151. The normalized spacial score (nSPS) is 24.0. The molecule has 1 aromatic carbocycles. The van der Waals surface area contributed by atoms with Crippen LogP contribution in [0, 0.1) is 5.92 Å². The molecule has 8 heteroatoms. The molecule has 1 N–H and O–H groups in total. The van der Waals surface area contributed by atoms with Crippen LogP contribution in [0.1, 0.15) is 43.5 Å². The highest BCUT2D eigenvalue weighted by Crippen LogP contribution is 2.32. The summed E-state index contributed by atoms with van der Waals surface area (Å²) in [5, 5.41) is 2.82. The fourth-order valence-electron chi connectivity index (χ4n) is 3.66. The Morgan fingerprint density at radius 3 is 2.76 bits per heavy atom. The van der Waals surface area contributed by atoms with Crippen LogP contribution in [0.25, 0.3) is 0 Å². The number of amides is 2. The molecule has 2 amide bonds. The molecule has 2 heterocycles. The predicted octanol–water partition coefficient (Wildman–Crippen LogP) is 2.22. The first kappa shape index (κ1) is 21.1. The molecule has 29 heavy (non-hydrogen) atoms. The Morgan fingerprint density at radius 2 is 2.07 bits per heavy atom. The van der Waals surface area contributed by atoms with Gasteiger partial charge in [0.15, 0.2) is 0 Å². The Hall–Kier alpha value is -2.61. The van der Waals surface area contributed by atoms with Gasteiger partial charge in [-0.2, -0.15) is 0 Å². The van der Waals surface area contributed by atoms with Gasteiger partial charge in [0.05, 0.1) is 31.2 Å². The SMILES string of the molecule is COC(=O)C[C@H]1CC[C@@H]2[C@H](COc3ccc(NC(=O)C(C)C)cc3C(=O)N2C)O1. The first-order chi connectivity index (χ1) is 13.8. The maximum absolute atomic E-state index is 13.1. The summed E-state index contributed by atoms with van der Waals surface area (Å²) >= 11 is 0. The molecule has 3 atom stereocenters. The number of rotatable bonds is 4. The van der Waals surface area contributed by atoms with Gasteiger partial charge in [0.2, 0.25) is 5.91 Å². The van der Waals surface area contributed by atoms with E-state index in [4.69, 9.17) is 14.2 Å². The van der Waals surface area contributed by atoms with Crippen LogP contribution in [0.5, 0.6) is 5.75 Å². The van der Waals surface area contributed by atoms with Crippen molar-refractivity contribution in [2.45, 2.75) is 51.4 Å². The molecule has 0 spiro atoms. The summed E-state index contributed by atoms with van der Waals surface area (Å²) < 4.78 is 16.7. The van der Waals surface area contributed by atoms with Crippen LogP contribution >= 0.6 is 0 Å². The van der Waals surface area contributed by atoms with Gasteiger partial charge in [-0.1, -0.05) is 13.8 Å². The van der Waals surface area contributed by atoms with E-state index in [9.17, 15) is 14.4 Å². The monoisotopic (exact) mass is 404 g/mol. The van der Waals surface area contributed by atoms with Crippen LogP contribution in [0.15, 0.2) is 18.2 Å². The number of fused-ring (bicyclic) bond motifs is 2. The molecule has 0 unspecified atom stereocenters. The Morgan fingerprint density at radius 1 is 1.31 bits per heavy atom. The fourth-order valence-corrected chi connectivity index (χ4v) is 3.66. The standard InChI is InChI=1S/C21H28N2O6/c1-12(2)20(25)22-13-5-8-17-15(9-13)21(26)23(3)16-7-6-14(10-19(24)27-4)29-18(16)11-28-17/h5,8-9,12,14,16,18H,6-7,10-11H2,1-4H3,(H,22,25)/t14-,16-,18+/m1/s1. The van der Waals surface area contributed by atoms with Crippen LogP contribution in [-0.4, -0.2) is 61.7 Å². The van der Waals surface area contributed by atoms with Gasteiger partial charge in [0.1, 0.15) is 18.5 Å². The zero-order valence-electron chi connectivity index (χ0n) is 17.3. The number of benzene rings is 1. The molecule has 0 aromatic heterocycles. The summed E-state index contributed by atoms with van der Waals surface area (Å²) in [7, 11) is 3.10. The third kappa shape index (κ3) is 4.70. The van der Waals surface area contributed by atoms with Crippen molar-refractivity contribution in [1.29, 1.82) is 0 Å². The van der Waals surface area contributed by atoms with Crippen molar-refractivity contribution in [1.82, 2.24) is 4.90 Å². The van der Waals surface area contributed by atoms with Gasteiger partial charge in [-0.15, -0.1) is 0 Å². The van der Waals surface area contributed by atoms with Gasteiger partial charge in [0, 0.05) is 18.7 Å². The number of nitrogens with one attached hydrogen (secondary N) is 1. The van der Waals surface area contributed by atoms with Gasteiger partial charge in [-0.05, 0) is 31.0 Å². The van der Waals surface area contributed by atoms with Crippen LogP contribution in [0.4, 0.5) is 5.69 Å². The van der Waals surface area contributed by atoms with Crippen molar-refractivity contribution in [3.63, 3.8) is 0 Å². The molecular formula is C21H28N2O6. The largest absolute Gasteiger partial charge is 0.490 e. The van der Waals surface area contributed by atoms with Crippen LogP contribution in [-0.2, 0) is 19.1 Å². The van der Waals surface area contributed by atoms with Crippen molar-refractivity contribution in [3.05, 3.63) is 23.8 Å². The Kier molecular flexibility index (Phi) is 6.42. The number of esters is 1. The minimum absolute atomic E-state index is 0.116. The van der Waals surface area contributed by atoms with E-state index in [0.717, 1.165) is 0 Å². The molecule has 8 nitrogen and oxygen atoms in total. The van der Waals surface area contributed by atoms with Crippen LogP contribution in [0.2, 0.25) is 0 Å². The molecule has 1 aromatic rings. The summed E-state index contributed by atoms with van der Waals surface area (Å²) in [5.41, 5.74) is 0.965. The number of carbonyl (C=O) groups is 3. The molecule has 158 valence electrons. The highest BCUT2D eigenvalue weighted by atomic mass is 16.5. The quantitative estimate of drug-likeness (QED) is 0.774. The van der Waals surface area contributed by atoms with Crippen molar-refractivity contribution in [2.24, 2.45) is 5.92 Å². The van der Waals surface area contributed by atoms with E-state index in [0.29, 0.717) is 29.8 Å². The van der Waals surface area contributed by atoms with E-state index in [-0.39, 0.29) is 55.0 Å². The third-order valence-corrected chi connectivity index (χ3v) is 5.43. The molecule has 1 saturated heterocycles. The van der Waals surface area contributed by atoms with E-state index in [1.807, 2.05) is 13.8 Å². The lowest BCUT2D eigenvalue weighted by Crippen LogP contribution is -2.53. The fraction of sp³-hybridized carbons (Fsp3) is 0.571. The lowest BCUT2D eigenvalue weighted by atomic mass is 9.94. The number of carbonyl (C=O) groups excluding carboxylic acids is 3. The van der Waals surface area contributed by atoms with Gasteiger partial charge in [0.25, 0.3) is 5.91 Å². The Bertz CT molecular complexity index is 793. The van der Waals surface area contributed by atoms with E-state index in [1.54, 1.807) is 30.1 Å². The highest BCUT2D eigenvalue weighted by molar-refractivity contribution is 6.00. The number of likely N-dealkylation sites (N-methyl/N-ethyl adjacent to an activating group) is 1. The summed E-state index contributed by atoms with van der Waals surface area (Å²) in [6.07, 6.45) is 0.971. The maximum Gasteiger partial charge on any atom is 0.308 e. The molecule has 0 bridgehead atoms. The number of anilines is 1. The summed E-state index contributed by atoms with van der Waals surface area (Å²) in [6.45, 7) is 3.88. The number of methoxy groups -OCH3 is 1. The van der Waals surface area contributed by atoms with E-state index in [2.05, 4.69) is 5.32 Å². The minimum atomic E-state index is -0.333. The predicted molar refractivity (Wildman–Crippen MR) is 106 cm³/mol. The van der Waals surface area contributed by atoms with Gasteiger partial charge in [-0.25, -0.2) is 0 Å². The molecule has 0 aliphatic carbocycles. The second-order valence-electron chi connectivity index (χ2n) is 7.80. The molecule has 1 fully saturated rings. The van der Waals surface area contributed by atoms with Gasteiger partial charge < -0.3 is 24.4 Å². The number of hydrogen-bond donors (Lipinski definition) is 1. The Labute approximate surface area is 170 Å². The zero-order valence-corrected chi connectivity index (χ0v) is 17.3. The summed E-state index contributed by atoms with van der Waals surface area (Å²) in [4.78, 5) is 38.3. The Balaban J connectivity index is 1.79. The van der Waals surface area contributed by atoms with Crippen molar-refractivity contribution in [2.75, 3.05) is 26.1 Å². The zero-order chi connectivity index (χ0) is 21.1.